The highest BCUT2D eigenvalue weighted by molar-refractivity contribution is 6.10. The number of hydrogen-bond acceptors (Lipinski definition) is 1. The molecule has 0 fully saturated rings. The van der Waals surface area contributed by atoms with Crippen LogP contribution in [0.25, 0.3) is 49.7 Å². The lowest BCUT2D eigenvalue weighted by atomic mass is 9.88. The number of fused-ring (bicyclic) bond motifs is 6. The Bertz CT molecular complexity index is 2010. The van der Waals surface area contributed by atoms with Crippen molar-refractivity contribution in [1.82, 2.24) is 4.57 Å². The van der Waals surface area contributed by atoms with E-state index in [1.54, 1.807) is 0 Å². The fourth-order valence-electron chi connectivity index (χ4n) is 6.46. The number of rotatable bonds is 3. The molecule has 1 heterocycles. The number of anilines is 1. The molecular weight excluding hydrogens is 472 g/mol. The van der Waals surface area contributed by atoms with E-state index in [0.717, 1.165) is 5.69 Å². The van der Waals surface area contributed by atoms with E-state index >= 15 is 0 Å². The molecule has 1 aromatic heterocycles. The molecule has 0 spiro atoms. The maximum absolute atomic E-state index is 6.23. The Kier molecular flexibility index (Phi) is 4.77. The molecule has 1 aliphatic carbocycles. The van der Waals surface area contributed by atoms with Crippen LogP contribution in [-0.4, -0.2) is 4.57 Å². The number of nitrogens with two attached hydrogens (primary N) is 1. The van der Waals surface area contributed by atoms with E-state index in [1.165, 1.54) is 66.4 Å². The van der Waals surface area contributed by atoms with Gasteiger partial charge in [-0.05, 0) is 81.4 Å². The minimum absolute atomic E-state index is 0.195. The number of benzene rings is 6. The van der Waals surface area contributed by atoms with Crippen molar-refractivity contribution in [3.05, 3.63) is 156 Å². The van der Waals surface area contributed by atoms with Gasteiger partial charge in [-0.1, -0.05) is 97.1 Å². The normalized spacial score (nSPS) is 14.0. The number of nitrogens with zero attached hydrogens (tertiary/aromatic N) is 1. The van der Waals surface area contributed by atoms with E-state index in [2.05, 4.69) is 138 Å². The lowest BCUT2D eigenvalue weighted by molar-refractivity contribution is 1.02. The van der Waals surface area contributed by atoms with Gasteiger partial charge in [-0.3, -0.25) is 0 Å². The van der Waals surface area contributed by atoms with E-state index in [0.29, 0.717) is 0 Å². The summed E-state index contributed by atoms with van der Waals surface area (Å²) in [5, 5.41) is 2.54. The Morgan fingerprint density at radius 2 is 1.18 bits per heavy atom. The van der Waals surface area contributed by atoms with Gasteiger partial charge in [0.05, 0.1) is 11.0 Å². The standard InChI is InChI=1S/C37H26N2/c38-27-19-20-30-29-10-4-5-12-32(29)37(34(30)23-27)25-16-14-24(15-17-25)26-18-21-36-33(22-26)31-11-6-7-13-35(31)39(36)28-8-2-1-3-9-28/h1-23,37H,38H2. The van der Waals surface area contributed by atoms with Gasteiger partial charge in [-0.2, -0.15) is 0 Å². The maximum atomic E-state index is 6.23. The fourth-order valence-corrected chi connectivity index (χ4v) is 6.46. The van der Waals surface area contributed by atoms with E-state index in [4.69, 9.17) is 5.73 Å². The van der Waals surface area contributed by atoms with Crippen LogP contribution in [0.4, 0.5) is 5.69 Å². The second-order valence-corrected chi connectivity index (χ2v) is 10.4. The lowest BCUT2D eigenvalue weighted by Gasteiger charge is -2.15. The molecule has 0 aliphatic heterocycles. The van der Waals surface area contributed by atoms with Crippen molar-refractivity contribution in [2.24, 2.45) is 0 Å². The third-order valence-corrected chi connectivity index (χ3v) is 8.21. The number of aromatic nitrogens is 1. The Balaban J connectivity index is 1.23. The van der Waals surface area contributed by atoms with E-state index in [1.807, 2.05) is 6.07 Å². The van der Waals surface area contributed by atoms with Gasteiger partial charge in [-0.25, -0.2) is 0 Å². The van der Waals surface area contributed by atoms with Crippen LogP contribution in [0.3, 0.4) is 0 Å². The minimum atomic E-state index is 0.195. The zero-order valence-corrected chi connectivity index (χ0v) is 21.4. The van der Waals surface area contributed by atoms with Gasteiger partial charge >= 0.3 is 0 Å². The summed E-state index contributed by atoms with van der Waals surface area (Å²) in [6, 6.07) is 50.3. The van der Waals surface area contributed by atoms with Crippen LogP contribution in [-0.2, 0) is 0 Å². The summed E-state index contributed by atoms with van der Waals surface area (Å²) in [5.74, 6) is 0.195. The van der Waals surface area contributed by atoms with E-state index in [-0.39, 0.29) is 5.92 Å². The minimum Gasteiger partial charge on any atom is -0.399 e. The van der Waals surface area contributed by atoms with Crippen LogP contribution in [0.1, 0.15) is 22.6 Å². The molecule has 7 aromatic rings. The van der Waals surface area contributed by atoms with Crippen LogP contribution in [0.15, 0.2) is 140 Å². The van der Waals surface area contributed by atoms with Gasteiger partial charge in [0.15, 0.2) is 0 Å². The quantitative estimate of drug-likeness (QED) is 0.242. The maximum Gasteiger partial charge on any atom is 0.0541 e. The van der Waals surface area contributed by atoms with Crippen molar-refractivity contribution < 1.29 is 0 Å². The second-order valence-electron chi connectivity index (χ2n) is 10.4. The number of para-hydroxylation sites is 2. The topological polar surface area (TPSA) is 30.9 Å². The van der Waals surface area contributed by atoms with Crippen molar-refractivity contribution in [2.75, 3.05) is 5.73 Å². The van der Waals surface area contributed by atoms with Crippen molar-refractivity contribution in [3.8, 4) is 27.9 Å². The monoisotopic (exact) mass is 498 g/mol. The van der Waals surface area contributed by atoms with E-state index < -0.39 is 0 Å². The molecule has 1 unspecified atom stereocenters. The Morgan fingerprint density at radius 1 is 0.487 bits per heavy atom. The summed E-state index contributed by atoms with van der Waals surface area (Å²) in [5.41, 5.74) is 19.6. The average Bonchev–Trinajstić information content (AvgIpc) is 3.50. The highest BCUT2D eigenvalue weighted by atomic mass is 15.0. The molecule has 2 nitrogen and oxygen atoms in total. The van der Waals surface area contributed by atoms with Gasteiger partial charge < -0.3 is 10.3 Å². The highest BCUT2D eigenvalue weighted by Gasteiger charge is 2.29. The van der Waals surface area contributed by atoms with Gasteiger partial charge in [0.25, 0.3) is 0 Å². The zero-order chi connectivity index (χ0) is 25.9. The molecule has 0 bridgehead atoms. The molecule has 2 heteroatoms. The van der Waals surface area contributed by atoms with Crippen LogP contribution in [0.5, 0.6) is 0 Å². The van der Waals surface area contributed by atoms with Crippen LogP contribution in [0, 0.1) is 0 Å². The molecule has 1 atom stereocenters. The first-order valence-electron chi connectivity index (χ1n) is 13.4. The average molecular weight is 499 g/mol. The molecular formula is C37H26N2. The molecule has 6 aromatic carbocycles. The molecule has 0 amide bonds. The highest BCUT2D eigenvalue weighted by Crippen LogP contribution is 2.48. The largest absolute Gasteiger partial charge is 0.399 e. The summed E-state index contributed by atoms with van der Waals surface area (Å²) in [6.45, 7) is 0. The number of hydrogen-bond donors (Lipinski definition) is 1. The Hall–Kier alpha value is -5.08. The van der Waals surface area contributed by atoms with Crippen LogP contribution in [0.2, 0.25) is 0 Å². The molecule has 39 heavy (non-hydrogen) atoms. The predicted molar refractivity (Wildman–Crippen MR) is 163 cm³/mol. The molecule has 8 rings (SSSR count). The summed E-state index contributed by atoms with van der Waals surface area (Å²) in [6.07, 6.45) is 0. The molecule has 184 valence electrons. The molecule has 0 radical (unpaired) electrons. The van der Waals surface area contributed by atoms with Gasteiger partial charge in [0, 0.05) is 28.1 Å². The van der Waals surface area contributed by atoms with Gasteiger partial charge in [0.1, 0.15) is 0 Å². The van der Waals surface area contributed by atoms with Gasteiger partial charge in [-0.15, -0.1) is 0 Å². The fraction of sp³-hybridized carbons (Fsp3) is 0.0270. The molecule has 0 saturated heterocycles. The number of nitrogen functional groups attached to an aromatic ring is 1. The lowest BCUT2D eigenvalue weighted by Crippen LogP contribution is -2.00. The van der Waals surface area contributed by atoms with E-state index in [9.17, 15) is 0 Å². The molecule has 1 aliphatic rings. The third-order valence-electron chi connectivity index (χ3n) is 8.21. The summed E-state index contributed by atoms with van der Waals surface area (Å²) >= 11 is 0. The molecule has 0 saturated carbocycles. The first kappa shape index (κ1) is 22.0. The predicted octanol–water partition coefficient (Wildman–Crippen LogP) is 9.19. The Morgan fingerprint density at radius 3 is 2.05 bits per heavy atom. The van der Waals surface area contributed by atoms with Gasteiger partial charge in [0.2, 0.25) is 0 Å². The summed E-state index contributed by atoms with van der Waals surface area (Å²) in [4.78, 5) is 0. The van der Waals surface area contributed by atoms with Crippen molar-refractivity contribution >= 4 is 27.5 Å². The van der Waals surface area contributed by atoms with Crippen LogP contribution < -0.4 is 5.73 Å². The Labute approximate surface area is 227 Å². The van der Waals surface area contributed by atoms with Crippen LogP contribution >= 0.6 is 0 Å². The van der Waals surface area contributed by atoms with Crippen molar-refractivity contribution in [3.63, 3.8) is 0 Å². The molecule has 2 N–H and O–H groups in total. The first-order chi connectivity index (χ1) is 19.3. The summed E-state index contributed by atoms with van der Waals surface area (Å²) < 4.78 is 2.36. The first-order valence-corrected chi connectivity index (χ1v) is 13.4. The zero-order valence-electron chi connectivity index (χ0n) is 21.4. The third kappa shape index (κ3) is 3.35. The van der Waals surface area contributed by atoms with Crippen molar-refractivity contribution in [2.45, 2.75) is 5.92 Å². The SMILES string of the molecule is Nc1ccc2c(c1)C(c1ccc(-c3ccc4c(c3)c3ccccc3n4-c3ccccc3)cc1)c1ccccc1-2. The van der Waals surface area contributed by atoms with Crippen molar-refractivity contribution in [1.29, 1.82) is 0 Å². The smallest absolute Gasteiger partial charge is 0.0541 e. The summed E-state index contributed by atoms with van der Waals surface area (Å²) in [7, 11) is 0. The second kappa shape index (κ2) is 8.47.